The Morgan fingerprint density at radius 2 is 1.93 bits per heavy atom. The number of hydrogen-bond acceptors (Lipinski definition) is 4. The van der Waals surface area contributed by atoms with Gasteiger partial charge < -0.3 is 5.32 Å². The van der Waals surface area contributed by atoms with Gasteiger partial charge in [0.05, 0.1) is 6.54 Å². The van der Waals surface area contributed by atoms with Gasteiger partial charge in [-0.1, -0.05) is 47.2 Å². The maximum Gasteiger partial charge on any atom is 0.308 e. The van der Waals surface area contributed by atoms with E-state index < -0.39 is 0 Å². The molecule has 0 atom stereocenters. The van der Waals surface area contributed by atoms with Crippen LogP contribution in [0.25, 0.3) is 0 Å². The smallest absolute Gasteiger partial charge is 0.308 e. The van der Waals surface area contributed by atoms with E-state index in [1.807, 2.05) is 49.6 Å². The Morgan fingerprint density at radius 3 is 2.59 bits per heavy atom. The van der Waals surface area contributed by atoms with E-state index in [0.29, 0.717) is 28.7 Å². The van der Waals surface area contributed by atoms with Gasteiger partial charge in [0.25, 0.3) is 5.91 Å². The first-order valence-electron chi connectivity index (χ1n) is 8.33. The van der Waals surface area contributed by atoms with Gasteiger partial charge in [-0.15, -0.1) is 11.8 Å². The Kier molecular flexibility index (Phi) is 6.42. The molecule has 0 spiro atoms. The molecule has 0 aliphatic carbocycles. The van der Waals surface area contributed by atoms with Crippen LogP contribution in [0, 0.1) is 6.92 Å². The van der Waals surface area contributed by atoms with Gasteiger partial charge in [-0.2, -0.15) is 0 Å². The molecule has 1 heterocycles. The number of carbonyl (C=O) groups excluding carboxylic acids is 1. The predicted octanol–water partition coefficient (Wildman–Crippen LogP) is 4.57. The summed E-state index contributed by atoms with van der Waals surface area (Å²) in [4.78, 5) is 26.4. The fourth-order valence-electron chi connectivity index (χ4n) is 2.69. The van der Waals surface area contributed by atoms with Crippen molar-refractivity contribution in [3.05, 3.63) is 84.9 Å². The molecular formula is C20H19ClN2O2S2. The second kappa shape index (κ2) is 8.78. The lowest BCUT2D eigenvalue weighted by Crippen LogP contribution is -2.23. The third-order valence-electron chi connectivity index (χ3n) is 4.19. The van der Waals surface area contributed by atoms with E-state index in [9.17, 15) is 9.59 Å². The van der Waals surface area contributed by atoms with Crippen molar-refractivity contribution in [2.24, 2.45) is 0 Å². The van der Waals surface area contributed by atoms with E-state index in [4.69, 9.17) is 11.6 Å². The van der Waals surface area contributed by atoms with Gasteiger partial charge in [-0.3, -0.25) is 14.2 Å². The summed E-state index contributed by atoms with van der Waals surface area (Å²) in [5.41, 5.74) is 2.62. The number of rotatable bonds is 6. The van der Waals surface area contributed by atoms with Crippen LogP contribution in [-0.4, -0.2) is 16.7 Å². The topological polar surface area (TPSA) is 51.1 Å². The molecule has 0 fully saturated rings. The van der Waals surface area contributed by atoms with Crippen LogP contribution in [0.2, 0.25) is 5.02 Å². The number of nitrogens with one attached hydrogen (secondary N) is 1. The van der Waals surface area contributed by atoms with Gasteiger partial charge in [-0.05, 0) is 48.6 Å². The Bertz CT molecular complexity index is 1010. The number of hydrogen-bond donors (Lipinski definition) is 1. The molecule has 0 aliphatic rings. The van der Waals surface area contributed by atoms with Crippen molar-refractivity contribution in [1.29, 1.82) is 0 Å². The largest absolute Gasteiger partial charge is 0.347 e. The van der Waals surface area contributed by atoms with Crippen LogP contribution in [0.1, 0.15) is 26.5 Å². The van der Waals surface area contributed by atoms with Gasteiger partial charge in [0.15, 0.2) is 0 Å². The van der Waals surface area contributed by atoms with Gasteiger partial charge in [-0.25, -0.2) is 0 Å². The SMILES string of the molecule is CSc1ccc(Cn2c(C)c(C(=O)NCc3cccc(Cl)c3)sc2=O)cc1. The van der Waals surface area contributed by atoms with Crippen LogP contribution in [0.4, 0.5) is 0 Å². The van der Waals surface area contributed by atoms with E-state index in [1.165, 1.54) is 4.90 Å². The fourth-order valence-corrected chi connectivity index (χ4v) is 4.22. The zero-order valence-electron chi connectivity index (χ0n) is 15.0. The first-order chi connectivity index (χ1) is 13.0. The lowest BCUT2D eigenvalue weighted by Gasteiger charge is -2.08. The maximum absolute atomic E-state index is 12.5. The Balaban J connectivity index is 1.74. The van der Waals surface area contributed by atoms with Crippen LogP contribution in [0.5, 0.6) is 0 Å². The highest BCUT2D eigenvalue weighted by molar-refractivity contribution is 7.98. The maximum atomic E-state index is 12.5. The monoisotopic (exact) mass is 418 g/mol. The molecule has 0 unspecified atom stereocenters. The zero-order chi connectivity index (χ0) is 19.4. The minimum absolute atomic E-state index is 0.130. The van der Waals surface area contributed by atoms with Crippen LogP contribution in [-0.2, 0) is 13.1 Å². The number of nitrogens with zero attached hydrogens (tertiary/aromatic N) is 1. The van der Waals surface area contributed by atoms with Crippen molar-refractivity contribution < 1.29 is 4.79 Å². The lowest BCUT2D eigenvalue weighted by molar-refractivity contribution is 0.0954. The number of thiazole rings is 1. The van der Waals surface area contributed by atoms with Crippen LogP contribution >= 0.6 is 34.7 Å². The molecule has 4 nitrogen and oxygen atoms in total. The van der Waals surface area contributed by atoms with Crippen molar-refractivity contribution in [3.63, 3.8) is 0 Å². The molecule has 2 aromatic carbocycles. The summed E-state index contributed by atoms with van der Waals surface area (Å²) in [5, 5.41) is 3.49. The van der Waals surface area contributed by atoms with Gasteiger partial charge in [0.1, 0.15) is 4.88 Å². The number of aromatic nitrogens is 1. The summed E-state index contributed by atoms with van der Waals surface area (Å²) in [6.45, 7) is 2.63. The highest BCUT2D eigenvalue weighted by Gasteiger charge is 2.17. The third kappa shape index (κ3) is 4.83. The number of benzene rings is 2. The molecule has 0 aliphatic heterocycles. The molecule has 0 saturated heterocycles. The number of halogens is 1. The van der Waals surface area contributed by atoms with Crippen LogP contribution < -0.4 is 10.2 Å². The van der Waals surface area contributed by atoms with E-state index in [1.54, 1.807) is 28.5 Å². The molecule has 7 heteroatoms. The second-order valence-corrected chi connectivity index (χ2v) is 8.31. The average molecular weight is 419 g/mol. The molecule has 3 aromatic rings. The average Bonchev–Trinajstić information content (AvgIpc) is 2.95. The molecular weight excluding hydrogens is 400 g/mol. The van der Waals surface area contributed by atoms with Crippen LogP contribution in [0.15, 0.2) is 58.2 Å². The summed E-state index contributed by atoms with van der Waals surface area (Å²) in [5.74, 6) is -0.244. The van der Waals surface area contributed by atoms with Crippen molar-refractivity contribution in [2.75, 3.05) is 6.26 Å². The van der Waals surface area contributed by atoms with E-state index in [2.05, 4.69) is 5.32 Å². The van der Waals surface area contributed by atoms with Crippen LogP contribution in [0.3, 0.4) is 0 Å². The molecule has 1 N–H and O–H groups in total. The fraction of sp³-hybridized carbons (Fsp3) is 0.200. The van der Waals surface area contributed by atoms with Gasteiger partial charge >= 0.3 is 4.87 Å². The summed E-state index contributed by atoms with van der Waals surface area (Å²) in [6, 6.07) is 15.4. The Hall–Kier alpha value is -2.02. The predicted molar refractivity (Wildman–Crippen MR) is 113 cm³/mol. The van der Waals surface area contributed by atoms with Crippen molar-refractivity contribution in [1.82, 2.24) is 9.88 Å². The molecule has 27 heavy (non-hydrogen) atoms. The van der Waals surface area contributed by atoms with Crippen molar-refractivity contribution in [2.45, 2.75) is 24.9 Å². The lowest BCUT2D eigenvalue weighted by atomic mass is 10.2. The quantitative estimate of drug-likeness (QED) is 0.596. The standard InChI is InChI=1S/C20H19ClN2O2S2/c1-13-18(19(24)22-11-15-4-3-5-16(21)10-15)27-20(25)23(13)12-14-6-8-17(26-2)9-7-14/h3-10H,11-12H2,1-2H3,(H,22,24). The van der Waals surface area contributed by atoms with E-state index in [0.717, 1.165) is 22.5 Å². The molecule has 1 amide bonds. The minimum atomic E-state index is -0.244. The van der Waals surface area contributed by atoms with Gasteiger partial charge in [0, 0.05) is 22.2 Å². The summed E-state index contributed by atoms with van der Waals surface area (Å²) in [6.07, 6.45) is 2.02. The highest BCUT2D eigenvalue weighted by Crippen LogP contribution is 2.18. The van der Waals surface area contributed by atoms with Crippen molar-refractivity contribution >= 4 is 40.6 Å². The first kappa shape index (κ1) is 19.7. The normalized spacial score (nSPS) is 10.8. The van der Waals surface area contributed by atoms with E-state index in [-0.39, 0.29) is 10.8 Å². The molecule has 0 radical (unpaired) electrons. The second-order valence-electron chi connectivity index (χ2n) is 6.03. The third-order valence-corrected chi connectivity index (χ3v) is 6.25. The number of amides is 1. The minimum Gasteiger partial charge on any atom is -0.347 e. The summed E-state index contributed by atoms with van der Waals surface area (Å²) in [7, 11) is 0. The van der Waals surface area contributed by atoms with E-state index >= 15 is 0 Å². The highest BCUT2D eigenvalue weighted by atomic mass is 35.5. The van der Waals surface area contributed by atoms with Crippen molar-refractivity contribution in [3.8, 4) is 0 Å². The zero-order valence-corrected chi connectivity index (χ0v) is 17.4. The first-order valence-corrected chi connectivity index (χ1v) is 10.8. The number of thioether (sulfide) groups is 1. The molecule has 1 aromatic heterocycles. The molecule has 3 rings (SSSR count). The number of carbonyl (C=O) groups is 1. The Labute approximate surface area is 171 Å². The summed E-state index contributed by atoms with van der Waals surface area (Å²) >= 11 is 8.62. The van der Waals surface area contributed by atoms with Gasteiger partial charge in [0.2, 0.25) is 0 Å². The Morgan fingerprint density at radius 1 is 1.19 bits per heavy atom. The molecule has 140 valence electrons. The molecule has 0 saturated carbocycles. The molecule has 0 bridgehead atoms. The summed E-state index contributed by atoms with van der Waals surface area (Å²) < 4.78 is 1.65.